The third-order valence-electron chi connectivity index (χ3n) is 1.73. The molecule has 0 aliphatic rings. The maximum Gasteiger partial charge on any atom is 0.332 e. The van der Waals surface area contributed by atoms with Gasteiger partial charge >= 0.3 is 5.97 Å². The molecule has 1 N–H and O–H groups in total. The van der Waals surface area contributed by atoms with E-state index in [1.165, 1.54) is 6.92 Å². The van der Waals surface area contributed by atoms with Gasteiger partial charge in [0, 0.05) is 0 Å². The summed E-state index contributed by atoms with van der Waals surface area (Å²) in [6.45, 7) is 1.50. The van der Waals surface area contributed by atoms with Gasteiger partial charge in [-0.05, 0) is 12.5 Å². The van der Waals surface area contributed by atoms with Crippen LogP contribution in [0.2, 0.25) is 0 Å². The first-order valence-corrected chi connectivity index (χ1v) is 5.10. The van der Waals surface area contributed by atoms with Gasteiger partial charge in [0.1, 0.15) is 5.01 Å². The molecule has 0 saturated carbocycles. The predicted molar refractivity (Wildman–Crippen MR) is 56.3 cm³/mol. The Morgan fingerprint density at radius 2 is 2.00 bits per heavy atom. The van der Waals surface area contributed by atoms with Gasteiger partial charge < -0.3 is 9.84 Å². The van der Waals surface area contributed by atoms with Crippen LogP contribution >= 0.6 is 15.9 Å². The molecule has 0 aliphatic carbocycles. The molecule has 0 bridgehead atoms. The van der Waals surface area contributed by atoms with Crippen molar-refractivity contribution in [3.05, 3.63) is 35.9 Å². The molecule has 4 heteroatoms. The normalized spacial score (nSPS) is 14.7. The summed E-state index contributed by atoms with van der Waals surface area (Å²) in [5, 5.41) is 8.25. The quantitative estimate of drug-likeness (QED) is 0.845. The number of hydrogen-bond acceptors (Lipinski definition) is 2. The maximum atomic E-state index is 10.5. The van der Waals surface area contributed by atoms with Gasteiger partial charge in [0.15, 0.2) is 6.10 Å². The molecule has 0 aliphatic heterocycles. The second kappa shape index (κ2) is 5.12. The summed E-state index contributed by atoms with van der Waals surface area (Å²) < 4.78 is 5.21. The van der Waals surface area contributed by atoms with Crippen LogP contribution in [-0.4, -0.2) is 17.2 Å². The van der Waals surface area contributed by atoms with Crippen molar-refractivity contribution in [3.8, 4) is 0 Å². The molecular weight excluding hydrogens is 248 g/mol. The van der Waals surface area contributed by atoms with Gasteiger partial charge in [-0.2, -0.15) is 0 Å². The first kappa shape index (κ1) is 11.2. The van der Waals surface area contributed by atoms with Crippen molar-refractivity contribution in [1.29, 1.82) is 0 Å². The molecule has 0 heterocycles. The van der Waals surface area contributed by atoms with E-state index in [0.29, 0.717) is 0 Å². The lowest BCUT2D eigenvalue weighted by atomic mass is 10.2. The highest BCUT2D eigenvalue weighted by Gasteiger charge is 2.16. The summed E-state index contributed by atoms with van der Waals surface area (Å²) in [5.41, 5.74) is 0.903. The lowest BCUT2D eigenvalue weighted by Crippen LogP contribution is -2.20. The lowest BCUT2D eigenvalue weighted by molar-refractivity contribution is -0.150. The zero-order valence-corrected chi connectivity index (χ0v) is 9.27. The van der Waals surface area contributed by atoms with E-state index < -0.39 is 12.1 Å². The van der Waals surface area contributed by atoms with Crippen molar-refractivity contribution in [3.63, 3.8) is 0 Å². The van der Waals surface area contributed by atoms with E-state index >= 15 is 0 Å². The van der Waals surface area contributed by atoms with E-state index in [1.807, 2.05) is 30.3 Å². The second-order valence-electron chi connectivity index (χ2n) is 2.84. The third-order valence-corrected chi connectivity index (χ3v) is 2.48. The van der Waals surface area contributed by atoms with E-state index in [9.17, 15) is 4.79 Å². The van der Waals surface area contributed by atoms with Crippen LogP contribution in [0.25, 0.3) is 0 Å². The Kier molecular flexibility index (Phi) is 4.10. The number of carbonyl (C=O) groups is 1. The molecule has 0 fully saturated rings. The molecule has 2 atom stereocenters. The van der Waals surface area contributed by atoms with E-state index in [-0.39, 0.29) is 5.01 Å². The molecule has 1 rings (SSSR count). The van der Waals surface area contributed by atoms with E-state index in [4.69, 9.17) is 9.84 Å². The highest BCUT2D eigenvalue weighted by Crippen LogP contribution is 2.25. The van der Waals surface area contributed by atoms with Gasteiger partial charge in [-0.1, -0.05) is 46.3 Å². The minimum absolute atomic E-state index is 0.380. The van der Waals surface area contributed by atoms with Gasteiger partial charge in [0.05, 0.1) is 0 Å². The Morgan fingerprint density at radius 3 is 2.50 bits per heavy atom. The Bertz CT molecular complexity index is 299. The van der Waals surface area contributed by atoms with Gasteiger partial charge in [0.2, 0.25) is 0 Å². The number of carboxylic acid groups (broad SMARTS) is 1. The van der Waals surface area contributed by atoms with Crippen molar-refractivity contribution < 1.29 is 14.6 Å². The van der Waals surface area contributed by atoms with Crippen molar-refractivity contribution in [2.45, 2.75) is 18.0 Å². The first-order chi connectivity index (χ1) is 6.61. The van der Waals surface area contributed by atoms with Gasteiger partial charge in [0.25, 0.3) is 0 Å². The number of hydrogen-bond donors (Lipinski definition) is 1. The fourth-order valence-corrected chi connectivity index (χ4v) is 1.55. The molecule has 0 amide bonds. The standard InChI is InChI=1S/C10H11BrO3/c1-7(10(12)13)14-9(11)8-5-3-2-4-6-8/h2-7,9H,1H3,(H,12,13). The summed E-state index contributed by atoms with van der Waals surface area (Å²) >= 11 is 3.27. The number of rotatable bonds is 4. The van der Waals surface area contributed by atoms with Crippen LogP contribution in [0.3, 0.4) is 0 Å². The SMILES string of the molecule is CC(OC(Br)c1ccccc1)C(=O)O. The predicted octanol–water partition coefficient (Wildman–Crippen LogP) is 2.57. The van der Waals surface area contributed by atoms with Crippen molar-refractivity contribution in [2.75, 3.05) is 0 Å². The highest BCUT2D eigenvalue weighted by molar-refractivity contribution is 9.09. The summed E-state index contributed by atoms with van der Waals surface area (Å²) in [6.07, 6.45) is -0.820. The summed E-state index contributed by atoms with van der Waals surface area (Å²) in [6, 6.07) is 9.38. The lowest BCUT2D eigenvalue weighted by Gasteiger charge is -2.14. The molecule has 0 spiro atoms. The maximum absolute atomic E-state index is 10.5. The minimum atomic E-state index is -0.967. The molecule has 0 radical (unpaired) electrons. The molecule has 1 aromatic rings. The number of aliphatic carboxylic acids is 1. The number of alkyl halides is 1. The molecule has 3 nitrogen and oxygen atoms in total. The van der Waals surface area contributed by atoms with Crippen molar-refractivity contribution in [1.82, 2.24) is 0 Å². The molecule has 76 valence electrons. The van der Waals surface area contributed by atoms with Crippen molar-refractivity contribution >= 4 is 21.9 Å². The third kappa shape index (κ3) is 3.12. The van der Waals surface area contributed by atoms with Crippen molar-refractivity contribution in [2.24, 2.45) is 0 Å². The Balaban J connectivity index is 2.59. The number of benzene rings is 1. The Morgan fingerprint density at radius 1 is 1.43 bits per heavy atom. The zero-order valence-electron chi connectivity index (χ0n) is 7.68. The fourth-order valence-electron chi connectivity index (χ4n) is 0.920. The molecule has 2 unspecified atom stereocenters. The zero-order chi connectivity index (χ0) is 10.6. The molecular formula is C10H11BrO3. The minimum Gasteiger partial charge on any atom is -0.479 e. The summed E-state index contributed by atoms with van der Waals surface area (Å²) in [5.74, 6) is -0.967. The molecule has 0 saturated heterocycles. The molecule has 0 aromatic heterocycles. The highest BCUT2D eigenvalue weighted by atomic mass is 79.9. The van der Waals surface area contributed by atoms with E-state index in [2.05, 4.69) is 15.9 Å². The van der Waals surface area contributed by atoms with Crippen LogP contribution in [0, 0.1) is 0 Å². The fraction of sp³-hybridized carbons (Fsp3) is 0.300. The summed E-state index contributed by atoms with van der Waals surface area (Å²) in [4.78, 5) is 10.5. The molecule has 1 aromatic carbocycles. The number of halogens is 1. The van der Waals surface area contributed by atoms with Crippen LogP contribution in [0.5, 0.6) is 0 Å². The first-order valence-electron chi connectivity index (χ1n) is 4.18. The van der Waals surface area contributed by atoms with Crippen LogP contribution in [-0.2, 0) is 9.53 Å². The van der Waals surface area contributed by atoms with E-state index in [0.717, 1.165) is 5.56 Å². The topological polar surface area (TPSA) is 46.5 Å². The van der Waals surface area contributed by atoms with Crippen LogP contribution < -0.4 is 0 Å². The van der Waals surface area contributed by atoms with E-state index in [1.54, 1.807) is 0 Å². The van der Waals surface area contributed by atoms with Crippen LogP contribution in [0.15, 0.2) is 30.3 Å². The average Bonchev–Trinajstić information content (AvgIpc) is 2.19. The molecule has 14 heavy (non-hydrogen) atoms. The average molecular weight is 259 g/mol. The monoisotopic (exact) mass is 258 g/mol. The smallest absolute Gasteiger partial charge is 0.332 e. The number of carboxylic acids is 1. The number of ether oxygens (including phenoxy) is 1. The Hall–Kier alpha value is -0.870. The van der Waals surface area contributed by atoms with Crippen LogP contribution in [0.4, 0.5) is 0 Å². The second-order valence-corrected chi connectivity index (χ2v) is 3.67. The largest absolute Gasteiger partial charge is 0.479 e. The Labute approximate surface area is 90.8 Å². The van der Waals surface area contributed by atoms with Crippen LogP contribution in [0.1, 0.15) is 17.5 Å². The summed E-state index contributed by atoms with van der Waals surface area (Å²) in [7, 11) is 0. The van der Waals surface area contributed by atoms with Gasteiger partial charge in [-0.3, -0.25) is 0 Å². The van der Waals surface area contributed by atoms with Gasteiger partial charge in [-0.15, -0.1) is 0 Å². The van der Waals surface area contributed by atoms with Gasteiger partial charge in [-0.25, -0.2) is 4.79 Å².